The van der Waals surface area contributed by atoms with E-state index in [2.05, 4.69) is 16.5 Å². The minimum atomic E-state index is 0.778. The van der Waals surface area contributed by atoms with E-state index in [1.807, 2.05) is 56.3 Å². The summed E-state index contributed by atoms with van der Waals surface area (Å²) in [6, 6.07) is 8.06. The molecular weight excluding hydrogens is 220 g/mol. The van der Waals surface area contributed by atoms with Crippen molar-refractivity contribution in [3.8, 4) is 0 Å². The number of benzene rings is 1. The van der Waals surface area contributed by atoms with E-state index in [4.69, 9.17) is 0 Å². The van der Waals surface area contributed by atoms with Crippen LogP contribution in [0.4, 0.5) is 0 Å². The van der Waals surface area contributed by atoms with E-state index in [0.29, 0.717) is 0 Å². The molecule has 90 valence electrons. The number of aryl methyl sites for hydroxylation is 1. The molecule has 1 aromatic carbocycles. The van der Waals surface area contributed by atoms with Gasteiger partial charge in [0, 0.05) is 11.1 Å². The predicted molar refractivity (Wildman–Crippen MR) is 77.3 cm³/mol. The summed E-state index contributed by atoms with van der Waals surface area (Å²) in [5.74, 6) is 0.778. The topological polar surface area (TPSA) is 25.8 Å². The summed E-state index contributed by atoms with van der Waals surface area (Å²) in [5.41, 5.74) is 3.04. The number of hydrogen-bond donors (Lipinski definition) is 0. The predicted octanol–water partition coefficient (Wildman–Crippen LogP) is 4.08. The molecule has 0 bridgehead atoms. The first-order valence-electron chi connectivity index (χ1n) is 5.92. The van der Waals surface area contributed by atoms with Gasteiger partial charge in [-0.05, 0) is 25.5 Å². The van der Waals surface area contributed by atoms with Gasteiger partial charge in [0.15, 0.2) is 5.82 Å². The molecule has 0 spiro atoms. The molecule has 2 rings (SSSR count). The highest BCUT2D eigenvalue weighted by atomic mass is 14.9. The van der Waals surface area contributed by atoms with E-state index in [9.17, 15) is 0 Å². The van der Waals surface area contributed by atoms with Crippen LogP contribution in [-0.4, -0.2) is 9.97 Å². The molecule has 1 aromatic heterocycles. The maximum atomic E-state index is 4.58. The first kappa shape index (κ1) is 12.2. The molecule has 0 aliphatic carbocycles. The van der Waals surface area contributed by atoms with E-state index in [-0.39, 0.29) is 0 Å². The van der Waals surface area contributed by atoms with E-state index in [0.717, 1.165) is 28.0 Å². The molecule has 0 unspecified atom stereocenters. The van der Waals surface area contributed by atoms with E-state index < -0.39 is 0 Å². The van der Waals surface area contributed by atoms with Crippen LogP contribution in [0.15, 0.2) is 55.1 Å². The van der Waals surface area contributed by atoms with Crippen molar-refractivity contribution in [2.45, 2.75) is 13.8 Å². The van der Waals surface area contributed by atoms with Crippen LogP contribution in [0.3, 0.4) is 0 Å². The monoisotopic (exact) mass is 236 g/mol. The van der Waals surface area contributed by atoms with Crippen molar-refractivity contribution in [1.82, 2.24) is 9.97 Å². The van der Waals surface area contributed by atoms with Gasteiger partial charge < -0.3 is 0 Å². The van der Waals surface area contributed by atoms with E-state index in [1.165, 1.54) is 0 Å². The van der Waals surface area contributed by atoms with Crippen LogP contribution in [0.5, 0.6) is 0 Å². The minimum Gasteiger partial charge on any atom is -0.233 e. The van der Waals surface area contributed by atoms with Gasteiger partial charge in [-0.2, -0.15) is 0 Å². The number of aromatic nitrogens is 2. The molecule has 0 fully saturated rings. The van der Waals surface area contributed by atoms with Crippen molar-refractivity contribution in [3.63, 3.8) is 0 Å². The maximum absolute atomic E-state index is 4.58. The Balaban J connectivity index is 2.49. The highest BCUT2D eigenvalue weighted by Gasteiger charge is 2.04. The Bertz CT molecular complexity index is 637. The van der Waals surface area contributed by atoms with Crippen molar-refractivity contribution < 1.29 is 0 Å². The molecule has 0 aliphatic heterocycles. The summed E-state index contributed by atoms with van der Waals surface area (Å²) < 4.78 is 0. The van der Waals surface area contributed by atoms with E-state index in [1.54, 1.807) is 6.08 Å². The van der Waals surface area contributed by atoms with Gasteiger partial charge in [-0.15, -0.1) is 0 Å². The van der Waals surface area contributed by atoms with Crippen molar-refractivity contribution >= 4 is 16.5 Å². The summed E-state index contributed by atoms with van der Waals surface area (Å²) in [7, 11) is 0. The maximum Gasteiger partial charge on any atom is 0.155 e. The van der Waals surface area contributed by atoms with Gasteiger partial charge in [0.25, 0.3) is 0 Å². The second-order valence-electron chi connectivity index (χ2n) is 4.12. The number of fused-ring (bicyclic) bond motifs is 1. The summed E-state index contributed by atoms with van der Waals surface area (Å²) >= 11 is 0. The molecule has 0 saturated heterocycles. The van der Waals surface area contributed by atoms with E-state index >= 15 is 0 Å². The number of hydrogen-bond acceptors (Lipinski definition) is 2. The van der Waals surface area contributed by atoms with Gasteiger partial charge in [-0.1, -0.05) is 49.1 Å². The van der Waals surface area contributed by atoms with Crippen LogP contribution in [-0.2, 0) is 0 Å². The Labute approximate surface area is 107 Å². The van der Waals surface area contributed by atoms with Crippen molar-refractivity contribution in [2.24, 2.45) is 0 Å². The molecule has 2 heteroatoms. The van der Waals surface area contributed by atoms with Crippen molar-refractivity contribution in [3.05, 3.63) is 66.7 Å². The molecular formula is C16H16N2. The fourth-order valence-corrected chi connectivity index (χ4v) is 1.76. The largest absolute Gasteiger partial charge is 0.233 e. The molecule has 0 atom stereocenters. The Kier molecular flexibility index (Phi) is 3.68. The SMILES string of the molecule is C=C/C=C\C=C(/C)c1nc(C)c2ccccc2n1. The van der Waals surface area contributed by atoms with Gasteiger partial charge in [0.2, 0.25) is 0 Å². The fraction of sp³-hybridized carbons (Fsp3) is 0.125. The summed E-state index contributed by atoms with van der Waals surface area (Å²) in [6.45, 7) is 7.66. The molecule has 0 N–H and O–H groups in total. The highest BCUT2D eigenvalue weighted by Crippen LogP contribution is 2.18. The molecule has 0 saturated carbocycles. The second-order valence-corrected chi connectivity index (χ2v) is 4.12. The lowest BCUT2D eigenvalue weighted by Gasteiger charge is -2.05. The van der Waals surface area contributed by atoms with Gasteiger partial charge in [0.05, 0.1) is 5.52 Å². The third-order valence-corrected chi connectivity index (χ3v) is 2.74. The average molecular weight is 236 g/mol. The standard InChI is InChI=1S/C16H16N2/c1-4-5-6-9-12(2)16-17-13(3)14-10-7-8-11-15(14)18-16/h4-11H,1H2,2-3H3/b6-5-,12-9+. The number of nitrogens with zero attached hydrogens (tertiary/aromatic N) is 2. The lowest BCUT2D eigenvalue weighted by Crippen LogP contribution is -1.96. The van der Waals surface area contributed by atoms with Crippen molar-refractivity contribution in [1.29, 1.82) is 0 Å². The molecule has 0 amide bonds. The van der Waals surface area contributed by atoms with Gasteiger partial charge in [-0.3, -0.25) is 0 Å². The quantitative estimate of drug-likeness (QED) is 0.750. The molecule has 0 radical (unpaired) electrons. The Morgan fingerprint density at radius 2 is 1.94 bits per heavy atom. The third kappa shape index (κ3) is 2.54. The molecule has 18 heavy (non-hydrogen) atoms. The number of allylic oxidation sites excluding steroid dienone is 5. The van der Waals surface area contributed by atoms with Crippen LogP contribution in [0.25, 0.3) is 16.5 Å². The second kappa shape index (κ2) is 5.41. The molecule has 0 aliphatic rings. The average Bonchev–Trinajstić information content (AvgIpc) is 2.39. The van der Waals surface area contributed by atoms with Crippen LogP contribution in [0.1, 0.15) is 18.4 Å². The Hall–Kier alpha value is -2.22. The number of para-hydroxylation sites is 1. The third-order valence-electron chi connectivity index (χ3n) is 2.74. The first-order chi connectivity index (χ1) is 8.72. The van der Waals surface area contributed by atoms with Crippen molar-refractivity contribution in [2.75, 3.05) is 0 Å². The Morgan fingerprint density at radius 1 is 1.17 bits per heavy atom. The van der Waals surface area contributed by atoms with Crippen LogP contribution >= 0.6 is 0 Å². The van der Waals surface area contributed by atoms with Gasteiger partial charge >= 0.3 is 0 Å². The molecule has 1 heterocycles. The minimum absolute atomic E-state index is 0.778. The van der Waals surface area contributed by atoms with Crippen LogP contribution in [0.2, 0.25) is 0 Å². The lowest BCUT2D eigenvalue weighted by molar-refractivity contribution is 1.10. The lowest BCUT2D eigenvalue weighted by atomic mass is 10.1. The first-order valence-corrected chi connectivity index (χ1v) is 5.92. The summed E-state index contributed by atoms with van der Waals surface area (Å²) in [4.78, 5) is 9.12. The molecule has 2 aromatic rings. The zero-order valence-electron chi connectivity index (χ0n) is 10.7. The highest BCUT2D eigenvalue weighted by molar-refractivity contribution is 5.82. The molecule has 2 nitrogen and oxygen atoms in total. The Morgan fingerprint density at radius 3 is 2.72 bits per heavy atom. The summed E-state index contributed by atoms with van der Waals surface area (Å²) in [5, 5.41) is 1.11. The summed E-state index contributed by atoms with van der Waals surface area (Å²) in [6.07, 6.45) is 7.56. The van der Waals surface area contributed by atoms with Gasteiger partial charge in [0.1, 0.15) is 0 Å². The van der Waals surface area contributed by atoms with Gasteiger partial charge in [-0.25, -0.2) is 9.97 Å². The normalized spacial score (nSPS) is 12.2. The zero-order valence-corrected chi connectivity index (χ0v) is 10.7. The number of rotatable bonds is 3. The van der Waals surface area contributed by atoms with Crippen LogP contribution in [0, 0.1) is 6.92 Å². The smallest absolute Gasteiger partial charge is 0.155 e. The zero-order chi connectivity index (χ0) is 13.0. The fourth-order valence-electron chi connectivity index (χ4n) is 1.76. The van der Waals surface area contributed by atoms with Crippen LogP contribution < -0.4 is 0 Å².